The van der Waals surface area contributed by atoms with Gasteiger partial charge in [0.25, 0.3) is 0 Å². The van der Waals surface area contributed by atoms with Crippen LogP contribution < -0.4 is 4.74 Å². The molecule has 0 radical (unpaired) electrons. The van der Waals surface area contributed by atoms with Gasteiger partial charge in [-0.1, -0.05) is 17.7 Å². The number of hydrogen-bond acceptors (Lipinski definition) is 3. The predicted molar refractivity (Wildman–Crippen MR) is 90.2 cm³/mol. The second-order valence-corrected chi connectivity index (χ2v) is 6.11. The van der Waals surface area contributed by atoms with E-state index >= 15 is 0 Å². The molecule has 0 bridgehead atoms. The minimum atomic E-state index is -4.48. The maximum atomic E-state index is 12.7. The number of nitrogens with zero attached hydrogens (tertiary/aromatic N) is 2. The van der Waals surface area contributed by atoms with Gasteiger partial charge in [0.1, 0.15) is 0 Å². The van der Waals surface area contributed by atoms with Crippen molar-refractivity contribution in [2.75, 3.05) is 0 Å². The van der Waals surface area contributed by atoms with E-state index in [0.717, 1.165) is 18.2 Å². The fourth-order valence-corrected chi connectivity index (χ4v) is 2.38. The Labute approximate surface area is 152 Å². The first-order valence-corrected chi connectivity index (χ1v) is 7.95. The van der Waals surface area contributed by atoms with E-state index in [1.165, 1.54) is 22.9 Å². The number of ether oxygens (including phenoxy) is 1. The molecule has 2 aromatic rings. The van der Waals surface area contributed by atoms with Gasteiger partial charge in [0.05, 0.1) is 23.9 Å². The summed E-state index contributed by atoms with van der Waals surface area (Å²) >= 11 is 5.97. The van der Waals surface area contributed by atoms with E-state index in [1.54, 1.807) is 13.8 Å². The normalized spacial score (nSPS) is 12.1. The number of carboxylic acids is 1. The summed E-state index contributed by atoms with van der Waals surface area (Å²) in [4.78, 5) is 10.7. The van der Waals surface area contributed by atoms with Crippen LogP contribution in [0.1, 0.15) is 30.7 Å². The SMILES string of the molecule is CC(C)Oc1cc(C=CC(=O)O)n(Cc2ccc(C(F)(F)F)cc2Cl)n1. The van der Waals surface area contributed by atoms with Gasteiger partial charge in [-0.25, -0.2) is 4.79 Å². The van der Waals surface area contributed by atoms with Crippen molar-refractivity contribution >= 4 is 23.6 Å². The molecule has 0 unspecified atom stereocenters. The third-order valence-electron chi connectivity index (χ3n) is 3.24. The number of benzene rings is 1. The first-order chi connectivity index (χ1) is 12.1. The molecular formula is C17H16ClF3N2O3. The molecule has 0 spiro atoms. The maximum Gasteiger partial charge on any atom is 0.416 e. The number of carbonyl (C=O) groups is 1. The number of rotatable bonds is 6. The van der Waals surface area contributed by atoms with E-state index in [0.29, 0.717) is 11.3 Å². The minimum Gasteiger partial charge on any atom is -0.478 e. The summed E-state index contributed by atoms with van der Waals surface area (Å²) < 4.78 is 45.1. The van der Waals surface area contributed by atoms with E-state index in [4.69, 9.17) is 21.4 Å². The fourth-order valence-electron chi connectivity index (χ4n) is 2.14. The van der Waals surface area contributed by atoms with Crippen molar-refractivity contribution < 1.29 is 27.8 Å². The Kier molecular flexibility index (Phi) is 5.97. The average molecular weight is 389 g/mol. The maximum absolute atomic E-state index is 12.7. The number of halogens is 4. The number of aromatic nitrogens is 2. The summed E-state index contributed by atoms with van der Waals surface area (Å²) in [6, 6.07) is 4.58. The molecule has 0 aliphatic rings. The summed E-state index contributed by atoms with van der Waals surface area (Å²) in [6.07, 6.45) is -2.38. The lowest BCUT2D eigenvalue weighted by molar-refractivity contribution is -0.137. The van der Waals surface area contributed by atoms with Crippen LogP contribution in [0.3, 0.4) is 0 Å². The zero-order chi connectivity index (χ0) is 19.5. The smallest absolute Gasteiger partial charge is 0.416 e. The Balaban J connectivity index is 2.35. The van der Waals surface area contributed by atoms with Gasteiger partial charge >= 0.3 is 12.1 Å². The number of alkyl halides is 3. The molecule has 9 heteroatoms. The standard InChI is InChI=1S/C17H16ClF3N2O3/c1-10(2)26-15-8-13(5-6-16(24)25)23(22-15)9-11-3-4-12(7-14(11)18)17(19,20)21/h3-8,10H,9H2,1-2H3,(H,24,25). The van der Waals surface area contributed by atoms with Crippen LogP contribution in [-0.2, 0) is 17.5 Å². The Hall–Kier alpha value is -2.48. The van der Waals surface area contributed by atoms with Crippen molar-refractivity contribution in [1.82, 2.24) is 9.78 Å². The Bertz CT molecular complexity index is 829. The van der Waals surface area contributed by atoms with E-state index in [2.05, 4.69) is 5.10 Å². The van der Waals surface area contributed by atoms with Crippen LogP contribution in [0.25, 0.3) is 6.08 Å². The zero-order valence-electron chi connectivity index (χ0n) is 13.9. The molecule has 0 aliphatic heterocycles. The highest BCUT2D eigenvalue weighted by Gasteiger charge is 2.30. The molecule has 0 aliphatic carbocycles. The lowest BCUT2D eigenvalue weighted by Crippen LogP contribution is -2.09. The van der Waals surface area contributed by atoms with Crippen LogP contribution in [0, 0.1) is 0 Å². The number of aliphatic carboxylic acids is 1. The third-order valence-corrected chi connectivity index (χ3v) is 3.59. The van der Waals surface area contributed by atoms with Crippen LogP contribution in [0.5, 0.6) is 5.88 Å². The molecule has 1 aromatic carbocycles. The molecule has 0 saturated carbocycles. The summed E-state index contributed by atoms with van der Waals surface area (Å²) in [5, 5.41) is 12.9. The lowest BCUT2D eigenvalue weighted by atomic mass is 10.1. The van der Waals surface area contributed by atoms with Crippen LogP contribution >= 0.6 is 11.6 Å². The highest BCUT2D eigenvalue weighted by Crippen LogP contribution is 2.32. The Morgan fingerprint density at radius 2 is 2.08 bits per heavy atom. The van der Waals surface area contributed by atoms with Crippen molar-refractivity contribution in [2.45, 2.75) is 32.7 Å². The van der Waals surface area contributed by atoms with Gasteiger partial charge < -0.3 is 9.84 Å². The second kappa shape index (κ2) is 7.82. The molecule has 0 atom stereocenters. The van der Waals surface area contributed by atoms with Gasteiger partial charge in [0.2, 0.25) is 5.88 Å². The topological polar surface area (TPSA) is 64.3 Å². The van der Waals surface area contributed by atoms with Crippen molar-refractivity contribution in [1.29, 1.82) is 0 Å². The molecule has 140 valence electrons. The highest BCUT2D eigenvalue weighted by atomic mass is 35.5. The van der Waals surface area contributed by atoms with Crippen molar-refractivity contribution in [3.05, 3.63) is 52.2 Å². The average Bonchev–Trinajstić information content (AvgIpc) is 2.87. The van der Waals surface area contributed by atoms with E-state index in [9.17, 15) is 18.0 Å². The van der Waals surface area contributed by atoms with E-state index < -0.39 is 17.7 Å². The molecule has 2 rings (SSSR count). The Morgan fingerprint density at radius 3 is 2.62 bits per heavy atom. The lowest BCUT2D eigenvalue weighted by Gasteiger charge is -2.11. The van der Waals surface area contributed by atoms with Crippen molar-refractivity contribution in [3.63, 3.8) is 0 Å². The highest BCUT2D eigenvalue weighted by molar-refractivity contribution is 6.31. The molecule has 5 nitrogen and oxygen atoms in total. The van der Waals surface area contributed by atoms with Gasteiger partial charge in [0.15, 0.2) is 0 Å². The van der Waals surface area contributed by atoms with Gasteiger partial charge in [-0.15, -0.1) is 5.10 Å². The third kappa shape index (κ3) is 5.26. The molecule has 0 amide bonds. The monoisotopic (exact) mass is 388 g/mol. The minimum absolute atomic E-state index is 0.0533. The van der Waals surface area contributed by atoms with Crippen molar-refractivity contribution in [3.8, 4) is 5.88 Å². The molecule has 1 N–H and O–H groups in total. The zero-order valence-corrected chi connectivity index (χ0v) is 14.7. The first-order valence-electron chi connectivity index (χ1n) is 7.57. The van der Waals surface area contributed by atoms with E-state index in [-0.39, 0.29) is 23.6 Å². The molecule has 1 aromatic heterocycles. The van der Waals surface area contributed by atoms with Crippen LogP contribution in [0.4, 0.5) is 13.2 Å². The molecule has 0 saturated heterocycles. The summed E-state index contributed by atoms with van der Waals surface area (Å²) in [6.45, 7) is 3.66. The van der Waals surface area contributed by atoms with E-state index in [1.807, 2.05) is 0 Å². The predicted octanol–water partition coefficient (Wildman–Crippen LogP) is 4.49. The summed E-state index contributed by atoms with van der Waals surface area (Å²) in [5.41, 5.74) is -0.0237. The van der Waals surface area contributed by atoms with Gasteiger partial charge in [-0.05, 0) is 37.6 Å². The van der Waals surface area contributed by atoms with Crippen LogP contribution in [0.2, 0.25) is 5.02 Å². The summed E-state index contributed by atoms with van der Waals surface area (Å²) in [7, 11) is 0. The summed E-state index contributed by atoms with van der Waals surface area (Å²) in [5.74, 6) is -0.871. The van der Waals surface area contributed by atoms with Crippen LogP contribution in [-0.4, -0.2) is 27.0 Å². The van der Waals surface area contributed by atoms with Gasteiger partial charge in [-0.3, -0.25) is 4.68 Å². The van der Waals surface area contributed by atoms with Gasteiger partial charge in [0, 0.05) is 17.2 Å². The largest absolute Gasteiger partial charge is 0.478 e. The first kappa shape index (κ1) is 19.8. The van der Waals surface area contributed by atoms with Crippen molar-refractivity contribution in [2.24, 2.45) is 0 Å². The number of carboxylic acid groups (broad SMARTS) is 1. The molecule has 1 heterocycles. The van der Waals surface area contributed by atoms with Crippen LogP contribution in [0.15, 0.2) is 30.3 Å². The molecule has 0 fully saturated rings. The fraction of sp³-hybridized carbons (Fsp3) is 0.294. The quantitative estimate of drug-likeness (QED) is 0.740. The van der Waals surface area contributed by atoms with Gasteiger partial charge in [-0.2, -0.15) is 13.2 Å². The second-order valence-electron chi connectivity index (χ2n) is 5.71. The molecular weight excluding hydrogens is 373 g/mol. The molecule has 26 heavy (non-hydrogen) atoms. The Morgan fingerprint density at radius 1 is 1.38 bits per heavy atom. The number of hydrogen-bond donors (Lipinski definition) is 1.